The van der Waals surface area contributed by atoms with E-state index in [1.54, 1.807) is 11.3 Å². The Bertz CT molecular complexity index is 652. The third-order valence-corrected chi connectivity index (χ3v) is 5.46. The van der Waals surface area contributed by atoms with Gasteiger partial charge in [0.15, 0.2) is 4.96 Å². The van der Waals surface area contributed by atoms with Crippen molar-refractivity contribution >= 4 is 22.2 Å². The van der Waals surface area contributed by atoms with Crippen LogP contribution in [0.4, 0.5) is 0 Å². The molecule has 1 fully saturated rings. The van der Waals surface area contributed by atoms with Gasteiger partial charge in [0.05, 0.1) is 11.4 Å². The predicted octanol–water partition coefficient (Wildman–Crippen LogP) is 2.15. The number of amides is 1. The first-order valence-electron chi connectivity index (χ1n) is 7.51. The molecule has 5 nitrogen and oxygen atoms in total. The second kappa shape index (κ2) is 5.77. The monoisotopic (exact) mass is 306 g/mol. The van der Waals surface area contributed by atoms with Gasteiger partial charge < -0.3 is 11.1 Å². The number of imidazole rings is 1. The van der Waals surface area contributed by atoms with E-state index in [2.05, 4.69) is 33.9 Å². The second-order valence-corrected chi connectivity index (χ2v) is 6.81. The molecule has 6 heteroatoms. The molecule has 2 heterocycles. The highest BCUT2D eigenvalue weighted by molar-refractivity contribution is 7.15. The summed E-state index contributed by atoms with van der Waals surface area (Å²) in [6, 6.07) is 0.476. The highest BCUT2D eigenvalue weighted by Gasteiger charge is 2.24. The van der Waals surface area contributed by atoms with Crippen LogP contribution in [0.2, 0.25) is 0 Å². The number of aromatic nitrogens is 2. The van der Waals surface area contributed by atoms with Crippen molar-refractivity contribution in [1.82, 2.24) is 14.7 Å². The van der Waals surface area contributed by atoms with E-state index in [9.17, 15) is 4.79 Å². The van der Waals surface area contributed by atoms with Crippen molar-refractivity contribution in [2.24, 2.45) is 11.7 Å². The number of aryl methyl sites for hydroxylation is 2. The summed E-state index contributed by atoms with van der Waals surface area (Å²) in [5.74, 6) is -0.0683. The molecule has 0 bridgehead atoms. The van der Waals surface area contributed by atoms with Crippen molar-refractivity contribution in [3.8, 4) is 0 Å². The van der Waals surface area contributed by atoms with E-state index in [0.29, 0.717) is 6.04 Å². The molecule has 2 aromatic heterocycles. The summed E-state index contributed by atoms with van der Waals surface area (Å²) in [5, 5.41) is 5.77. The fourth-order valence-electron chi connectivity index (χ4n) is 3.20. The molecule has 21 heavy (non-hydrogen) atoms. The molecule has 0 unspecified atom stereocenters. The number of primary amides is 1. The Morgan fingerprint density at radius 2 is 2.14 bits per heavy atom. The highest BCUT2D eigenvalue weighted by Crippen LogP contribution is 2.25. The average molecular weight is 306 g/mol. The van der Waals surface area contributed by atoms with Crippen LogP contribution in [-0.4, -0.2) is 21.3 Å². The van der Waals surface area contributed by atoms with Crippen molar-refractivity contribution in [2.45, 2.75) is 52.1 Å². The maximum absolute atomic E-state index is 11.2. The summed E-state index contributed by atoms with van der Waals surface area (Å²) in [6.45, 7) is 5.02. The van der Waals surface area contributed by atoms with Gasteiger partial charge in [0, 0.05) is 29.6 Å². The SMILES string of the molecule is Cc1nc2scc(C)n2c1CNC1CCC(C(N)=O)CC1. The number of thiazole rings is 1. The lowest BCUT2D eigenvalue weighted by atomic mass is 9.85. The smallest absolute Gasteiger partial charge is 0.220 e. The molecule has 2 aromatic rings. The van der Waals surface area contributed by atoms with Gasteiger partial charge in [0.1, 0.15) is 0 Å². The Balaban J connectivity index is 1.64. The van der Waals surface area contributed by atoms with Gasteiger partial charge in [0.2, 0.25) is 5.91 Å². The molecular formula is C15H22N4OS. The van der Waals surface area contributed by atoms with Gasteiger partial charge >= 0.3 is 0 Å². The summed E-state index contributed by atoms with van der Waals surface area (Å²) in [7, 11) is 0. The van der Waals surface area contributed by atoms with Gasteiger partial charge in [-0.25, -0.2) is 4.98 Å². The van der Waals surface area contributed by atoms with Crippen molar-refractivity contribution in [2.75, 3.05) is 0 Å². The van der Waals surface area contributed by atoms with Gasteiger partial charge in [-0.3, -0.25) is 9.20 Å². The van der Waals surface area contributed by atoms with Gasteiger partial charge in [-0.2, -0.15) is 0 Å². The van der Waals surface area contributed by atoms with Gasteiger partial charge in [-0.15, -0.1) is 11.3 Å². The average Bonchev–Trinajstić information content (AvgIpc) is 2.97. The number of nitrogens with zero attached hydrogens (tertiary/aromatic N) is 2. The first-order chi connectivity index (χ1) is 10.1. The molecule has 114 valence electrons. The van der Waals surface area contributed by atoms with Crippen LogP contribution in [0.1, 0.15) is 42.8 Å². The van der Waals surface area contributed by atoms with E-state index >= 15 is 0 Å². The fraction of sp³-hybridized carbons (Fsp3) is 0.600. The normalized spacial score (nSPS) is 22.8. The predicted molar refractivity (Wildman–Crippen MR) is 84.3 cm³/mol. The van der Waals surface area contributed by atoms with Crippen LogP contribution < -0.4 is 11.1 Å². The number of hydrogen-bond acceptors (Lipinski definition) is 4. The molecule has 3 rings (SSSR count). The summed E-state index contributed by atoms with van der Waals surface area (Å²) in [4.78, 5) is 16.9. The van der Waals surface area contributed by atoms with E-state index in [4.69, 9.17) is 5.73 Å². The maximum atomic E-state index is 11.2. The third-order valence-electron chi connectivity index (χ3n) is 4.52. The number of nitrogens with one attached hydrogen (secondary N) is 1. The molecule has 0 saturated heterocycles. The summed E-state index contributed by atoms with van der Waals surface area (Å²) >= 11 is 1.69. The first kappa shape index (κ1) is 14.5. The van der Waals surface area contributed by atoms with Crippen LogP contribution in [0.3, 0.4) is 0 Å². The standard InChI is InChI=1S/C15H22N4OS/c1-9-8-21-15-18-10(2)13(19(9)15)7-17-12-5-3-11(4-6-12)14(16)20/h8,11-12,17H,3-7H2,1-2H3,(H2,16,20). The van der Waals surface area contributed by atoms with Crippen LogP contribution in [0.25, 0.3) is 4.96 Å². The van der Waals surface area contributed by atoms with Crippen molar-refractivity contribution in [1.29, 1.82) is 0 Å². The number of fused-ring (bicyclic) bond motifs is 1. The van der Waals surface area contributed by atoms with Crippen LogP contribution in [0, 0.1) is 19.8 Å². The zero-order chi connectivity index (χ0) is 15.0. The summed E-state index contributed by atoms with van der Waals surface area (Å²) < 4.78 is 2.24. The third kappa shape index (κ3) is 2.82. The van der Waals surface area contributed by atoms with Gasteiger partial charge in [-0.1, -0.05) is 0 Å². The molecule has 1 saturated carbocycles. The van der Waals surface area contributed by atoms with E-state index < -0.39 is 0 Å². The fourth-order valence-corrected chi connectivity index (χ4v) is 4.13. The quantitative estimate of drug-likeness (QED) is 0.909. The van der Waals surface area contributed by atoms with Crippen molar-refractivity contribution in [3.05, 3.63) is 22.5 Å². The molecule has 1 aliphatic carbocycles. The molecule has 1 aliphatic rings. The Hall–Kier alpha value is -1.40. The molecule has 3 N–H and O–H groups in total. The van der Waals surface area contributed by atoms with E-state index in [1.165, 1.54) is 11.4 Å². The maximum Gasteiger partial charge on any atom is 0.220 e. The van der Waals surface area contributed by atoms with Gasteiger partial charge in [-0.05, 0) is 39.5 Å². The molecule has 0 atom stereocenters. The number of carbonyl (C=O) groups is 1. The van der Waals surface area contributed by atoms with E-state index in [-0.39, 0.29) is 11.8 Å². The lowest BCUT2D eigenvalue weighted by Gasteiger charge is -2.27. The van der Waals surface area contributed by atoms with Crippen molar-refractivity contribution in [3.63, 3.8) is 0 Å². The number of rotatable bonds is 4. The summed E-state index contributed by atoms with van der Waals surface area (Å²) in [5.41, 5.74) is 8.97. The Kier molecular flexibility index (Phi) is 3.99. The lowest BCUT2D eigenvalue weighted by Crippen LogP contribution is -2.36. The number of hydrogen-bond donors (Lipinski definition) is 2. The number of nitrogens with two attached hydrogens (primary N) is 1. The zero-order valence-corrected chi connectivity index (χ0v) is 13.4. The Labute approximate surface area is 128 Å². The minimum absolute atomic E-state index is 0.0746. The topological polar surface area (TPSA) is 72.4 Å². The highest BCUT2D eigenvalue weighted by atomic mass is 32.1. The van der Waals surface area contributed by atoms with E-state index in [0.717, 1.165) is 42.9 Å². The van der Waals surface area contributed by atoms with E-state index in [1.807, 2.05) is 0 Å². The van der Waals surface area contributed by atoms with Gasteiger partial charge in [0.25, 0.3) is 0 Å². The molecule has 0 spiro atoms. The summed E-state index contributed by atoms with van der Waals surface area (Å²) in [6.07, 6.45) is 3.87. The minimum atomic E-state index is -0.143. The Morgan fingerprint density at radius 1 is 1.43 bits per heavy atom. The van der Waals surface area contributed by atoms with Crippen LogP contribution in [0.15, 0.2) is 5.38 Å². The van der Waals surface area contributed by atoms with Crippen LogP contribution in [-0.2, 0) is 11.3 Å². The largest absolute Gasteiger partial charge is 0.369 e. The molecule has 0 aliphatic heterocycles. The lowest BCUT2D eigenvalue weighted by molar-refractivity contribution is -0.122. The van der Waals surface area contributed by atoms with Crippen LogP contribution >= 0.6 is 11.3 Å². The molecule has 1 amide bonds. The number of carbonyl (C=O) groups excluding carboxylic acids is 1. The molecule has 0 radical (unpaired) electrons. The second-order valence-electron chi connectivity index (χ2n) is 5.97. The zero-order valence-electron chi connectivity index (χ0n) is 12.6. The minimum Gasteiger partial charge on any atom is -0.369 e. The molecule has 0 aromatic carbocycles. The van der Waals surface area contributed by atoms with Crippen molar-refractivity contribution < 1.29 is 4.79 Å². The van der Waals surface area contributed by atoms with Crippen LogP contribution in [0.5, 0.6) is 0 Å². The first-order valence-corrected chi connectivity index (χ1v) is 8.39. The molecular weight excluding hydrogens is 284 g/mol. The Morgan fingerprint density at radius 3 is 2.81 bits per heavy atom.